The standard InChI is InChI=1S/C17H32ClN3/c1-7-13-16(18)14(21(9-3)20-13)11-10-12-15(19-8-2)17(4,5)6/h15,19H,7-12H2,1-6H3. The summed E-state index contributed by atoms with van der Waals surface area (Å²) in [6, 6.07) is 0.546. The van der Waals surface area contributed by atoms with E-state index in [4.69, 9.17) is 11.6 Å². The van der Waals surface area contributed by atoms with Crippen LogP contribution < -0.4 is 5.32 Å². The van der Waals surface area contributed by atoms with Crippen molar-refractivity contribution in [3.8, 4) is 0 Å². The van der Waals surface area contributed by atoms with Gasteiger partial charge < -0.3 is 5.32 Å². The summed E-state index contributed by atoms with van der Waals surface area (Å²) in [5.74, 6) is 0. The van der Waals surface area contributed by atoms with Crippen molar-refractivity contribution in [2.24, 2.45) is 5.41 Å². The van der Waals surface area contributed by atoms with E-state index in [-0.39, 0.29) is 0 Å². The fourth-order valence-electron chi connectivity index (χ4n) is 2.82. The summed E-state index contributed by atoms with van der Waals surface area (Å²) in [6.07, 6.45) is 4.23. The third-order valence-electron chi connectivity index (χ3n) is 4.10. The topological polar surface area (TPSA) is 29.9 Å². The fraction of sp³-hybridized carbons (Fsp3) is 0.824. The molecule has 0 aliphatic heterocycles. The van der Waals surface area contributed by atoms with Gasteiger partial charge in [0, 0.05) is 12.6 Å². The Kier molecular flexibility index (Phi) is 7.22. The lowest BCUT2D eigenvalue weighted by Gasteiger charge is -2.31. The SMILES string of the molecule is CCNC(CCCc1c(Cl)c(CC)nn1CC)C(C)(C)C. The molecule has 0 saturated heterocycles. The first-order chi connectivity index (χ1) is 9.85. The maximum atomic E-state index is 6.48. The molecule has 1 atom stereocenters. The Labute approximate surface area is 135 Å². The molecule has 0 fully saturated rings. The summed E-state index contributed by atoms with van der Waals surface area (Å²) in [6.45, 7) is 15.2. The van der Waals surface area contributed by atoms with Crippen LogP contribution in [-0.2, 0) is 19.4 Å². The molecule has 0 radical (unpaired) electrons. The molecular weight excluding hydrogens is 282 g/mol. The molecule has 1 rings (SSSR count). The maximum absolute atomic E-state index is 6.48. The minimum atomic E-state index is 0.291. The number of aromatic nitrogens is 2. The highest BCUT2D eigenvalue weighted by Crippen LogP contribution is 2.26. The number of rotatable bonds is 8. The van der Waals surface area contributed by atoms with Gasteiger partial charge in [0.25, 0.3) is 0 Å². The van der Waals surface area contributed by atoms with Gasteiger partial charge in [0.15, 0.2) is 0 Å². The van der Waals surface area contributed by atoms with Gasteiger partial charge in [0.1, 0.15) is 0 Å². The zero-order valence-electron chi connectivity index (χ0n) is 14.6. The third kappa shape index (κ3) is 5.00. The van der Waals surface area contributed by atoms with Crippen LogP contribution in [0.15, 0.2) is 0 Å². The molecule has 0 aliphatic rings. The molecular formula is C17H32ClN3. The second-order valence-electron chi connectivity index (χ2n) is 6.75. The second-order valence-corrected chi connectivity index (χ2v) is 7.12. The Morgan fingerprint density at radius 3 is 2.38 bits per heavy atom. The van der Waals surface area contributed by atoms with Gasteiger partial charge in [0.05, 0.1) is 16.4 Å². The number of nitrogens with zero attached hydrogens (tertiary/aromatic N) is 2. The fourth-order valence-corrected chi connectivity index (χ4v) is 3.18. The zero-order valence-corrected chi connectivity index (χ0v) is 15.3. The van der Waals surface area contributed by atoms with Crippen LogP contribution in [0.2, 0.25) is 5.02 Å². The van der Waals surface area contributed by atoms with Crippen LogP contribution in [-0.4, -0.2) is 22.4 Å². The third-order valence-corrected chi connectivity index (χ3v) is 4.53. The monoisotopic (exact) mass is 313 g/mol. The van der Waals surface area contributed by atoms with Gasteiger partial charge in [0.2, 0.25) is 0 Å². The van der Waals surface area contributed by atoms with Crippen LogP contribution in [0.1, 0.15) is 65.8 Å². The first-order valence-corrected chi connectivity index (χ1v) is 8.70. The van der Waals surface area contributed by atoms with Gasteiger partial charge in [-0.2, -0.15) is 5.10 Å². The average Bonchev–Trinajstić information content (AvgIpc) is 2.73. The average molecular weight is 314 g/mol. The summed E-state index contributed by atoms with van der Waals surface area (Å²) in [5, 5.41) is 9.10. The molecule has 122 valence electrons. The zero-order chi connectivity index (χ0) is 16.0. The van der Waals surface area contributed by atoms with Crippen molar-refractivity contribution in [1.82, 2.24) is 15.1 Å². The van der Waals surface area contributed by atoms with Crippen LogP contribution in [0.3, 0.4) is 0 Å². The molecule has 21 heavy (non-hydrogen) atoms. The van der Waals surface area contributed by atoms with Crippen molar-refractivity contribution in [2.45, 2.75) is 79.8 Å². The summed E-state index contributed by atoms with van der Waals surface area (Å²) >= 11 is 6.48. The minimum Gasteiger partial charge on any atom is -0.314 e. The van der Waals surface area contributed by atoms with Crippen LogP contribution >= 0.6 is 11.6 Å². The van der Waals surface area contributed by atoms with Crippen molar-refractivity contribution in [1.29, 1.82) is 0 Å². The number of nitrogens with one attached hydrogen (secondary N) is 1. The van der Waals surface area contributed by atoms with Crippen molar-refractivity contribution in [3.05, 3.63) is 16.4 Å². The van der Waals surface area contributed by atoms with Crippen LogP contribution in [0.25, 0.3) is 0 Å². The Hall–Kier alpha value is -0.540. The highest BCUT2D eigenvalue weighted by atomic mass is 35.5. The van der Waals surface area contributed by atoms with Gasteiger partial charge in [-0.25, -0.2) is 0 Å². The summed E-state index contributed by atoms with van der Waals surface area (Å²) in [7, 11) is 0. The van der Waals surface area contributed by atoms with E-state index >= 15 is 0 Å². The molecule has 1 aromatic rings. The molecule has 0 bridgehead atoms. The molecule has 0 aliphatic carbocycles. The van der Waals surface area contributed by atoms with Crippen LogP contribution in [0, 0.1) is 5.41 Å². The first-order valence-electron chi connectivity index (χ1n) is 8.32. The molecule has 1 N–H and O–H groups in total. The van der Waals surface area contributed by atoms with Crippen molar-refractivity contribution >= 4 is 11.6 Å². The van der Waals surface area contributed by atoms with Crippen LogP contribution in [0.5, 0.6) is 0 Å². The normalized spacial score (nSPS) is 13.7. The van der Waals surface area contributed by atoms with E-state index in [9.17, 15) is 0 Å². The van der Waals surface area contributed by atoms with Crippen molar-refractivity contribution in [3.63, 3.8) is 0 Å². The van der Waals surface area contributed by atoms with E-state index in [0.29, 0.717) is 11.5 Å². The van der Waals surface area contributed by atoms with Gasteiger partial charge in [-0.05, 0) is 44.6 Å². The van der Waals surface area contributed by atoms with Crippen molar-refractivity contribution < 1.29 is 0 Å². The largest absolute Gasteiger partial charge is 0.314 e. The Morgan fingerprint density at radius 2 is 1.90 bits per heavy atom. The van der Waals surface area contributed by atoms with E-state index in [1.807, 2.05) is 0 Å². The number of hydrogen-bond acceptors (Lipinski definition) is 2. The summed E-state index contributed by atoms with van der Waals surface area (Å²) < 4.78 is 2.07. The predicted molar refractivity (Wildman–Crippen MR) is 92.1 cm³/mol. The quantitative estimate of drug-likeness (QED) is 0.767. The number of halogens is 1. The maximum Gasteiger partial charge on any atom is 0.0849 e. The molecule has 0 amide bonds. The van der Waals surface area contributed by atoms with E-state index in [1.54, 1.807) is 0 Å². The summed E-state index contributed by atoms with van der Waals surface area (Å²) in [5.41, 5.74) is 2.53. The van der Waals surface area contributed by atoms with E-state index in [1.165, 1.54) is 12.1 Å². The molecule has 3 nitrogen and oxygen atoms in total. The van der Waals surface area contributed by atoms with Gasteiger partial charge >= 0.3 is 0 Å². The molecule has 1 unspecified atom stereocenters. The van der Waals surface area contributed by atoms with Crippen molar-refractivity contribution in [2.75, 3.05) is 6.54 Å². The lowest BCUT2D eigenvalue weighted by molar-refractivity contribution is 0.254. The lowest BCUT2D eigenvalue weighted by atomic mass is 9.83. The molecule has 1 aromatic heterocycles. The second kappa shape index (κ2) is 8.19. The first kappa shape index (κ1) is 18.5. The lowest BCUT2D eigenvalue weighted by Crippen LogP contribution is -2.40. The molecule has 0 aromatic carbocycles. The Bertz CT molecular complexity index is 432. The van der Waals surface area contributed by atoms with Gasteiger partial charge in [-0.3, -0.25) is 4.68 Å². The van der Waals surface area contributed by atoms with E-state index in [2.05, 4.69) is 56.6 Å². The minimum absolute atomic E-state index is 0.291. The number of aryl methyl sites for hydroxylation is 2. The predicted octanol–water partition coefficient (Wildman–Crippen LogP) is 4.47. The van der Waals surface area contributed by atoms with E-state index in [0.717, 1.165) is 43.1 Å². The summed E-state index contributed by atoms with van der Waals surface area (Å²) in [4.78, 5) is 0. The van der Waals surface area contributed by atoms with Crippen LogP contribution in [0.4, 0.5) is 0 Å². The molecule has 4 heteroatoms. The number of hydrogen-bond donors (Lipinski definition) is 1. The highest BCUT2D eigenvalue weighted by Gasteiger charge is 2.23. The van der Waals surface area contributed by atoms with Gasteiger partial charge in [-0.1, -0.05) is 46.2 Å². The van der Waals surface area contributed by atoms with E-state index < -0.39 is 0 Å². The molecule has 1 heterocycles. The molecule has 0 spiro atoms. The Balaban J connectivity index is 2.68. The highest BCUT2D eigenvalue weighted by molar-refractivity contribution is 6.31. The smallest absolute Gasteiger partial charge is 0.0849 e. The van der Waals surface area contributed by atoms with Gasteiger partial charge in [-0.15, -0.1) is 0 Å². The Morgan fingerprint density at radius 1 is 1.24 bits per heavy atom. The molecule has 0 saturated carbocycles.